The van der Waals surface area contributed by atoms with Crippen molar-refractivity contribution in [2.75, 3.05) is 26.2 Å². The molecule has 0 bridgehead atoms. The monoisotopic (exact) mass is 304 g/mol. The van der Waals surface area contributed by atoms with Crippen LogP contribution in [0.15, 0.2) is 24.8 Å². The van der Waals surface area contributed by atoms with Crippen molar-refractivity contribution in [3.8, 4) is 0 Å². The van der Waals surface area contributed by atoms with Gasteiger partial charge in [0.2, 0.25) is 0 Å². The van der Waals surface area contributed by atoms with Crippen molar-refractivity contribution in [2.45, 2.75) is 19.2 Å². The summed E-state index contributed by atoms with van der Waals surface area (Å²) in [5.74, 6) is 2.06. The van der Waals surface area contributed by atoms with Gasteiger partial charge in [-0.3, -0.25) is 9.80 Å². The van der Waals surface area contributed by atoms with E-state index in [1.54, 1.807) is 0 Å². The van der Waals surface area contributed by atoms with E-state index in [0.717, 1.165) is 37.8 Å². The Hall–Kier alpha value is -1.70. The Morgan fingerprint density at radius 3 is 1.77 bits per heavy atom. The van der Waals surface area contributed by atoms with Gasteiger partial charge in [0.15, 0.2) is 0 Å². The Kier molecular flexibility index (Phi) is 4.56. The Balaban J connectivity index is 1.60. The quantitative estimate of drug-likeness (QED) is 0.850. The van der Waals surface area contributed by atoms with E-state index in [1.165, 1.54) is 0 Å². The Morgan fingerprint density at radius 1 is 0.955 bits per heavy atom. The molecule has 7 nitrogen and oxygen atoms in total. The minimum Gasteiger partial charge on any atom is -0.390 e. The number of imidazole rings is 2. The maximum absolute atomic E-state index is 10.3. The molecule has 1 fully saturated rings. The minimum atomic E-state index is -0.344. The fourth-order valence-electron chi connectivity index (χ4n) is 2.90. The van der Waals surface area contributed by atoms with Gasteiger partial charge in [-0.2, -0.15) is 0 Å². The number of aromatic nitrogens is 4. The zero-order valence-electron chi connectivity index (χ0n) is 13.3. The molecule has 0 aliphatic carbocycles. The highest BCUT2D eigenvalue weighted by Crippen LogP contribution is 2.10. The van der Waals surface area contributed by atoms with Crippen LogP contribution in [0, 0.1) is 0 Å². The first-order valence-corrected chi connectivity index (χ1v) is 7.67. The number of β-amino-alcohol motifs (C(OH)–C–C–N with tert-alkyl or cyclic N) is 1. The zero-order valence-corrected chi connectivity index (χ0v) is 13.3. The van der Waals surface area contributed by atoms with Gasteiger partial charge < -0.3 is 14.2 Å². The van der Waals surface area contributed by atoms with Gasteiger partial charge >= 0.3 is 0 Å². The summed E-state index contributed by atoms with van der Waals surface area (Å²) in [5, 5.41) is 10.3. The molecule has 3 heterocycles. The molecule has 3 rings (SSSR count). The molecule has 1 saturated heterocycles. The van der Waals surface area contributed by atoms with Crippen LogP contribution in [0.1, 0.15) is 11.6 Å². The number of hydrogen-bond acceptors (Lipinski definition) is 5. The Labute approximate surface area is 130 Å². The van der Waals surface area contributed by atoms with E-state index in [1.807, 2.05) is 48.0 Å². The van der Waals surface area contributed by atoms with Crippen molar-refractivity contribution in [3.05, 3.63) is 36.4 Å². The molecular weight excluding hydrogens is 280 g/mol. The topological polar surface area (TPSA) is 62.4 Å². The number of hydrogen-bond donors (Lipinski definition) is 1. The predicted octanol–water partition coefficient (Wildman–Crippen LogP) is -0.168. The second-order valence-corrected chi connectivity index (χ2v) is 6.03. The minimum absolute atomic E-state index is 0.344. The van der Waals surface area contributed by atoms with E-state index in [-0.39, 0.29) is 6.10 Å². The van der Waals surface area contributed by atoms with E-state index < -0.39 is 0 Å². The van der Waals surface area contributed by atoms with Crippen molar-refractivity contribution >= 4 is 0 Å². The molecule has 0 unspecified atom stereocenters. The van der Waals surface area contributed by atoms with E-state index >= 15 is 0 Å². The highest BCUT2D eigenvalue weighted by atomic mass is 16.3. The molecule has 2 aromatic rings. The second-order valence-electron chi connectivity index (χ2n) is 6.03. The second kappa shape index (κ2) is 6.60. The summed E-state index contributed by atoms with van der Waals surface area (Å²) in [6.07, 6.45) is 7.20. The SMILES string of the molecule is Cn1ccnc1CN1CCN(Cc2nccn2C)CC(O)C1. The first kappa shape index (κ1) is 15.2. The number of aliphatic hydroxyl groups excluding tert-OH is 1. The molecule has 0 aromatic carbocycles. The lowest BCUT2D eigenvalue weighted by atomic mass is 10.3. The summed E-state index contributed by atoms with van der Waals surface area (Å²) in [7, 11) is 4.01. The van der Waals surface area contributed by atoms with Crippen molar-refractivity contribution in [2.24, 2.45) is 14.1 Å². The van der Waals surface area contributed by atoms with E-state index in [2.05, 4.69) is 19.8 Å². The maximum atomic E-state index is 10.3. The third-order valence-corrected chi connectivity index (χ3v) is 4.24. The highest BCUT2D eigenvalue weighted by Gasteiger charge is 2.22. The van der Waals surface area contributed by atoms with Gasteiger partial charge in [-0.1, -0.05) is 0 Å². The van der Waals surface area contributed by atoms with Crippen LogP contribution in [0.5, 0.6) is 0 Å². The summed E-state index contributed by atoms with van der Waals surface area (Å²) in [4.78, 5) is 13.3. The summed E-state index contributed by atoms with van der Waals surface area (Å²) in [5.41, 5.74) is 0. The summed E-state index contributed by atoms with van der Waals surface area (Å²) >= 11 is 0. The third-order valence-electron chi connectivity index (χ3n) is 4.24. The molecular formula is C15H24N6O. The van der Waals surface area contributed by atoms with Gasteiger partial charge in [0.1, 0.15) is 11.6 Å². The third kappa shape index (κ3) is 3.55. The highest BCUT2D eigenvalue weighted by molar-refractivity contribution is 4.94. The van der Waals surface area contributed by atoms with E-state index in [0.29, 0.717) is 13.1 Å². The van der Waals surface area contributed by atoms with Crippen LogP contribution in [-0.2, 0) is 27.2 Å². The lowest BCUT2D eigenvalue weighted by Gasteiger charge is -2.21. The van der Waals surface area contributed by atoms with Crippen LogP contribution in [0.2, 0.25) is 0 Å². The summed E-state index contributed by atoms with van der Waals surface area (Å²) in [6, 6.07) is 0. The molecule has 0 radical (unpaired) electrons. The molecule has 1 aliphatic heterocycles. The van der Waals surface area contributed by atoms with Gasteiger partial charge in [0.25, 0.3) is 0 Å². The molecule has 120 valence electrons. The van der Waals surface area contributed by atoms with Crippen LogP contribution in [0.25, 0.3) is 0 Å². The van der Waals surface area contributed by atoms with Gasteiger partial charge in [-0.05, 0) is 0 Å². The van der Waals surface area contributed by atoms with Gasteiger partial charge in [0.05, 0.1) is 19.2 Å². The van der Waals surface area contributed by atoms with Crippen LogP contribution < -0.4 is 0 Å². The fourth-order valence-corrected chi connectivity index (χ4v) is 2.90. The van der Waals surface area contributed by atoms with Crippen LogP contribution in [-0.4, -0.2) is 66.3 Å². The van der Waals surface area contributed by atoms with Gasteiger partial charge in [-0.25, -0.2) is 9.97 Å². The van der Waals surface area contributed by atoms with Gasteiger partial charge in [0, 0.05) is 65.1 Å². The summed E-state index contributed by atoms with van der Waals surface area (Å²) in [6.45, 7) is 4.77. The first-order chi connectivity index (χ1) is 10.6. The molecule has 2 aromatic heterocycles. The number of aliphatic hydroxyl groups is 1. The molecule has 0 spiro atoms. The first-order valence-electron chi connectivity index (χ1n) is 7.67. The van der Waals surface area contributed by atoms with Crippen LogP contribution in [0.3, 0.4) is 0 Å². The molecule has 1 aliphatic rings. The zero-order chi connectivity index (χ0) is 15.5. The predicted molar refractivity (Wildman–Crippen MR) is 83.0 cm³/mol. The molecule has 0 amide bonds. The standard InChI is InChI=1S/C15H24N6O/c1-18-5-3-16-14(18)11-20-7-8-21(10-13(22)9-20)12-15-17-4-6-19(15)2/h3-6,13,22H,7-12H2,1-2H3. The van der Waals surface area contributed by atoms with Gasteiger partial charge in [-0.15, -0.1) is 0 Å². The fraction of sp³-hybridized carbons (Fsp3) is 0.600. The molecule has 7 heteroatoms. The normalized spacial score (nSPS) is 18.7. The van der Waals surface area contributed by atoms with Crippen molar-refractivity contribution < 1.29 is 5.11 Å². The number of aryl methyl sites for hydroxylation is 2. The lowest BCUT2D eigenvalue weighted by molar-refractivity contribution is 0.104. The Bertz CT molecular complexity index is 554. The van der Waals surface area contributed by atoms with E-state index in [9.17, 15) is 5.11 Å². The van der Waals surface area contributed by atoms with Crippen LogP contribution in [0.4, 0.5) is 0 Å². The number of rotatable bonds is 4. The Morgan fingerprint density at radius 2 is 1.41 bits per heavy atom. The summed E-state index contributed by atoms with van der Waals surface area (Å²) < 4.78 is 4.06. The van der Waals surface area contributed by atoms with Crippen molar-refractivity contribution in [1.29, 1.82) is 0 Å². The van der Waals surface area contributed by atoms with Crippen molar-refractivity contribution in [1.82, 2.24) is 28.9 Å². The maximum Gasteiger partial charge on any atom is 0.122 e. The average Bonchev–Trinajstić information content (AvgIpc) is 3.00. The number of nitrogens with zero attached hydrogens (tertiary/aromatic N) is 6. The molecule has 0 atom stereocenters. The molecule has 22 heavy (non-hydrogen) atoms. The van der Waals surface area contributed by atoms with Crippen molar-refractivity contribution in [3.63, 3.8) is 0 Å². The smallest absolute Gasteiger partial charge is 0.122 e. The lowest BCUT2D eigenvalue weighted by Crippen LogP contribution is -2.33. The largest absolute Gasteiger partial charge is 0.390 e. The molecule has 0 saturated carbocycles. The van der Waals surface area contributed by atoms with E-state index in [4.69, 9.17) is 0 Å². The molecule has 1 N–H and O–H groups in total. The average molecular weight is 304 g/mol. The van der Waals surface area contributed by atoms with Crippen LogP contribution >= 0.6 is 0 Å².